The first-order chi connectivity index (χ1) is 14.5. The molecule has 162 valence electrons. The number of likely N-dealkylation sites (tertiary alicyclic amines) is 1. The minimum absolute atomic E-state index is 0.0682. The number of methoxy groups -OCH3 is 1. The quantitative estimate of drug-likeness (QED) is 0.600. The second kappa shape index (κ2) is 10.8. The fourth-order valence-corrected chi connectivity index (χ4v) is 3.90. The molecule has 0 aliphatic carbocycles. The van der Waals surface area contributed by atoms with Crippen molar-refractivity contribution in [2.45, 2.75) is 25.7 Å². The van der Waals surface area contributed by atoms with E-state index in [9.17, 15) is 9.59 Å². The Morgan fingerprint density at radius 1 is 1.17 bits per heavy atom. The maximum Gasteiger partial charge on any atom is 0.276 e. The van der Waals surface area contributed by atoms with Gasteiger partial charge in [0.05, 0.1) is 11.6 Å². The second-order valence-electron chi connectivity index (χ2n) is 7.18. The van der Waals surface area contributed by atoms with Crippen LogP contribution in [0.5, 0.6) is 0 Å². The van der Waals surface area contributed by atoms with Gasteiger partial charge in [0.2, 0.25) is 5.91 Å². The van der Waals surface area contributed by atoms with Crippen molar-refractivity contribution in [2.75, 3.05) is 39.9 Å². The summed E-state index contributed by atoms with van der Waals surface area (Å²) in [6.07, 6.45) is 3.50. The SMILES string of the molecule is COCCN(CCC(=O)N1CCCCC1)C(=O)c1cc(-c2ccc(Cl)cc2Cl)on1. The van der Waals surface area contributed by atoms with E-state index < -0.39 is 0 Å². The molecule has 7 nitrogen and oxygen atoms in total. The Balaban J connectivity index is 1.68. The number of benzene rings is 1. The fourth-order valence-electron chi connectivity index (χ4n) is 3.40. The third kappa shape index (κ3) is 5.74. The maximum atomic E-state index is 13.0. The molecule has 1 fully saturated rings. The Labute approximate surface area is 185 Å². The Kier molecular flexibility index (Phi) is 8.13. The molecular weight excluding hydrogens is 429 g/mol. The molecule has 0 atom stereocenters. The van der Waals surface area contributed by atoms with Crippen LogP contribution in [0.15, 0.2) is 28.8 Å². The van der Waals surface area contributed by atoms with Gasteiger partial charge < -0.3 is 19.1 Å². The van der Waals surface area contributed by atoms with Crippen molar-refractivity contribution in [3.05, 3.63) is 40.0 Å². The maximum absolute atomic E-state index is 13.0. The molecule has 0 saturated carbocycles. The van der Waals surface area contributed by atoms with E-state index in [1.807, 2.05) is 4.90 Å². The summed E-state index contributed by atoms with van der Waals surface area (Å²) < 4.78 is 10.5. The number of amides is 2. The number of nitrogens with zero attached hydrogens (tertiary/aromatic N) is 3. The van der Waals surface area contributed by atoms with Gasteiger partial charge in [-0.1, -0.05) is 28.4 Å². The molecule has 1 saturated heterocycles. The first-order valence-electron chi connectivity index (χ1n) is 9.97. The van der Waals surface area contributed by atoms with Crippen LogP contribution in [-0.4, -0.2) is 66.7 Å². The minimum Gasteiger partial charge on any atom is -0.383 e. The van der Waals surface area contributed by atoms with Crippen LogP contribution in [-0.2, 0) is 9.53 Å². The van der Waals surface area contributed by atoms with Crippen LogP contribution in [0.4, 0.5) is 0 Å². The number of hydrogen-bond donors (Lipinski definition) is 0. The average Bonchev–Trinajstić information content (AvgIpc) is 3.23. The molecule has 1 aliphatic rings. The van der Waals surface area contributed by atoms with Crippen LogP contribution in [0.1, 0.15) is 36.2 Å². The molecule has 0 bridgehead atoms. The van der Waals surface area contributed by atoms with Crippen molar-refractivity contribution < 1.29 is 18.8 Å². The summed E-state index contributed by atoms with van der Waals surface area (Å²) in [5.74, 6) is 0.119. The number of hydrogen-bond acceptors (Lipinski definition) is 5. The molecule has 0 radical (unpaired) electrons. The Bertz CT molecular complexity index is 881. The first-order valence-corrected chi connectivity index (χ1v) is 10.7. The molecule has 2 amide bonds. The summed E-state index contributed by atoms with van der Waals surface area (Å²) in [7, 11) is 1.57. The highest BCUT2D eigenvalue weighted by Crippen LogP contribution is 2.31. The fraction of sp³-hybridized carbons (Fsp3) is 0.476. The lowest BCUT2D eigenvalue weighted by Crippen LogP contribution is -2.40. The predicted octanol–water partition coefficient (Wildman–Crippen LogP) is 4.14. The average molecular weight is 454 g/mol. The van der Waals surface area contributed by atoms with Crippen LogP contribution in [0.2, 0.25) is 10.0 Å². The van der Waals surface area contributed by atoms with Gasteiger partial charge in [-0.2, -0.15) is 0 Å². The van der Waals surface area contributed by atoms with Crippen molar-refractivity contribution in [3.8, 4) is 11.3 Å². The van der Waals surface area contributed by atoms with Crippen LogP contribution in [0.3, 0.4) is 0 Å². The monoisotopic (exact) mass is 453 g/mol. The van der Waals surface area contributed by atoms with Gasteiger partial charge in [0.15, 0.2) is 11.5 Å². The van der Waals surface area contributed by atoms with E-state index in [-0.39, 0.29) is 23.9 Å². The van der Waals surface area contributed by atoms with Crippen molar-refractivity contribution in [1.82, 2.24) is 15.0 Å². The molecule has 1 aromatic carbocycles. The molecule has 2 heterocycles. The molecule has 3 rings (SSSR count). The zero-order valence-corrected chi connectivity index (χ0v) is 18.4. The summed E-state index contributed by atoms with van der Waals surface area (Å²) in [5.41, 5.74) is 0.744. The molecule has 0 unspecified atom stereocenters. The number of ether oxygens (including phenoxy) is 1. The first kappa shape index (κ1) is 22.6. The Morgan fingerprint density at radius 2 is 1.93 bits per heavy atom. The smallest absolute Gasteiger partial charge is 0.276 e. The number of aromatic nitrogens is 1. The van der Waals surface area contributed by atoms with Crippen molar-refractivity contribution in [3.63, 3.8) is 0 Å². The van der Waals surface area contributed by atoms with Crippen LogP contribution in [0, 0.1) is 0 Å². The second-order valence-corrected chi connectivity index (χ2v) is 8.02. The lowest BCUT2D eigenvalue weighted by Gasteiger charge is -2.28. The van der Waals surface area contributed by atoms with Gasteiger partial charge in [-0.05, 0) is 37.5 Å². The molecule has 0 N–H and O–H groups in total. The number of halogens is 2. The van der Waals surface area contributed by atoms with E-state index in [0.717, 1.165) is 32.4 Å². The van der Waals surface area contributed by atoms with Crippen molar-refractivity contribution in [2.24, 2.45) is 0 Å². The predicted molar refractivity (Wildman–Crippen MR) is 115 cm³/mol. The third-order valence-corrected chi connectivity index (χ3v) is 5.63. The van der Waals surface area contributed by atoms with Crippen molar-refractivity contribution in [1.29, 1.82) is 0 Å². The molecule has 1 aromatic heterocycles. The van der Waals surface area contributed by atoms with E-state index in [0.29, 0.717) is 41.1 Å². The van der Waals surface area contributed by atoms with Gasteiger partial charge >= 0.3 is 0 Å². The number of piperidine rings is 1. The lowest BCUT2D eigenvalue weighted by molar-refractivity contribution is -0.132. The normalized spacial score (nSPS) is 14.0. The molecular formula is C21H25Cl2N3O4. The van der Waals surface area contributed by atoms with Gasteiger partial charge in [-0.3, -0.25) is 9.59 Å². The molecule has 30 heavy (non-hydrogen) atoms. The van der Waals surface area contributed by atoms with Gasteiger partial charge in [0.1, 0.15) is 0 Å². The topological polar surface area (TPSA) is 75.9 Å². The van der Waals surface area contributed by atoms with Crippen molar-refractivity contribution >= 4 is 35.0 Å². The summed E-state index contributed by atoms with van der Waals surface area (Å²) in [4.78, 5) is 28.9. The summed E-state index contributed by atoms with van der Waals surface area (Å²) >= 11 is 12.1. The van der Waals surface area contributed by atoms with Crippen LogP contribution < -0.4 is 0 Å². The van der Waals surface area contributed by atoms with Gasteiger partial charge in [-0.15, -0.1) is 0 Å². The van der Waals surface area contributed by atoms with Crippen LogP contribution >= 0.6 is 23.2 Å². The molecule has 9 heteroatoms. The van der Waals surface area contributed by atoms with E-state index in [1.54, 1.807) is 36.3 Å². The molecule has 0 spiro atoms. The highest BCUT2D eigenvalue weighted by Gasteiger charge is 2.23. The Hall–Kier alpha value is -2.09. The number of carbonyl (C=O) groups excluding carboxylic acids is 2. The number of carbonyl (C=O) groups is 2. The van der Waals surface area contributed by atoms with E-state index in [4.69, 9.17) is 32.5 Å². The largest absolute Gasteiger partial charge is 0.383 e. The lowest BCUT2D eigenvalue weighted by atomic mass is 10.1. The Morgan fingerprint density at radius 3 is 2.63 bits per heavy atom. The van der Waals surface area contributed by atoms with Gasteiger partial charge in [0.25, 0.3) is 5.91 Å². The van der Waals surface area contributed by atoms with E-state index in [1.165, 1.54) is 0 Å². The zero-order valence-electron chi connectivity index (χ0n) is 16.9. The highest BCUT2D eigenvalue weighted by molar-refractivity contribution is 6.36. The standard InChI is InChI=1S/C21H25Cl2N3O4/c1-29-12-11-26(10-7-20(27)25-8-3-2-4-9-25)21(28)18-14-19(30-24-18)16-6-5-15(22)13-17(16)23/h5-6,13-14H,2-4,7-12H2,1H3. The number of rotatable bonds is 8. The highest BCUT2D eigenvalue weighted by atomic mass is 35.5. The molecule has 1 aliphatic heterocycles. The van der Waals surface area contributed by atoms with Crippen LogP contribution in [0.25, 0.3) is 11.3 Å². The molecule has 2 aromatic rings. The summed E-state index contributed by atoms with van der Waals surface area (Å²) in [5, 5.41) is 4.82. The zero-order chi connectivity index (χ0) is 21.5. The third-order valence-electron chi connectivity index (χ3n) is 5.08. The van der Waals surface area contributed by atoms with Gasteiger partial charge in [-0.25, -0.2) is 0 Å². The summed E-state index contributed by atoms with van der Waals surface area (Å²) in [6.45, 7) is 2.59. The van der Waals surface area contributed by atoms with E-state index in [2.05, 4.69) is 5.16 Å². The van der Waals surface area contributed by atoms with Gasteiger partial charge in [0, 0.05) is 56.4 Å². The minimum atomic E-state index is -0.321. The summed E-state index contributed by atoms with van der Waals surface area (Å²) in [6, 6.07) is 6.53. The van der Waals surface area contributed by atoms with E-state index >= 15 is 0 Å².